The van der Waals surface area contributed by atoms with Gasteiger partial charge in [0.1, 0.15) is 0 Å². The van der Waals surface area contributed by atoms with Crippen LogP contribution in [0.25, 0.3) is 0 Å². The van der Waals surface area contributed by atoms with Gasteiger partial charge in [0.15, 0.2) is 0 Å². The Morgan fingerprint density at radius 3 is 2.31 bits per heavy atom. The van der Waals surface area contributed by atoms with Gasteiger partial charge in [-0.2, -0.15) is 0 Å². The lowest BCUT2D eigenvalue weighted by molar-refractivity contribution is 0.231. The van der Waals surface area contributed by atoms with Crippen molar-refractivity contribution in [1.82, 2.24) is 0 Å². The topological polar surface area (TPSA) is 20.2 Å². The molecule has 0 amide bonds. The third kappa shape index (κ3) is 1.87. The summed E-state index contributed by atoms with van der Waals surface area (Å²) < 4.78 is 0. The minimum Gasteiger partial charge on any atom is -0.512 e. The molecule has 1 N–H and O–H groups in total. The van der Waals surface area contributed by atoms with Crippen LogP contribution in [0.1, 0.15) is 44.6 Å². The maximum Gasteiger partial charge on any atom is 0.0985 e. The van der Waals surface area contributed by atoms with Gasteiger partial charge in [0.05, 0.1) is 11.2 Å². The highest BCUT2D eigenvalue weighted by atomic mass is 16.3. The van der Waals surface area contributed by atoms with Crippen molar-refractivity contribution in [3.05, 3.63) is 47.7 Å². The number of hydrogen-bond donors (Lipinski definition) is 1. The third-order valence-electron chi connectivity index (χ3n) is 3.80. The molecule has 0 atom stereocenters. The maximum absolute atomic E-state index is 10.2. The molecule has 0 bridgehead atoms. The van der Waals surface area contributed by atoms with Crippen LogP contribution >= 0.6 is 0 Å². The van der Waals surface area contributed by atoms with E-state index in [1.165, 1.54) is 24.8 Å². The monoisotopic (exact) mass is 216 g/mol. The molecule has 0 aliphatic heterocycles. The van der Waals surface area contributed by atoms with Crippen LogP contribution in [0, 0.1) is 0 Å². The Balaban J connectivity index is 2.42. The molecule has 0 spiro atoms. The van der Waals surface area contributed by atoms with Gasteiger partial charge in [-0.3, -0.25) is 0 Å². The van der Waals surface area contributed by atoms with Crippen molar-refractivity contribution >= 4 is 0 Å². The highest BCUT2D eigenvalue weighted by Crippen LogP contribution is 2.43. The van der Waals surface area contributed by atoms with E-state index in [2.05, 4.69) is 24.3 Å². The summed E-state index contributed by atoms with van der Waals surface area (Å²) in [6.07, 6.45) is 7.74. The molecule has 0 saturated heterocycles. The zero-order valence-corrected chi connectivity index (χ0v) is 9.95. The van der Waals surface area contributed by atoms with E-state index in [9.17, 15) is 5.11 Å². The first kappa shape index (κ1) is 11.3. The molecule has 0 aromatic heterocycles. The molecule has 1 aromatic rings. The summed E-state index contributed by atoms with van der Waals surface area (Å²) in [4.78, 5) is 0. The zero-order valence-electron chi connectivity index (χ0n) is 9.95. The lowest BCUT2D eigenvalue weighted by atomic mass is 9.68. The lowest BCUT2D eigenvalue weighted by Gasteiger charge is -2.37. The average molecular weight is 216 g/mol. The van der Waals surface area contributed by atoms with E-state index in [0.717, 1.165) is 12.8 Å². The Bertz CT molecular complexity index is 358. The van der Waals surface area contributed by atoms with Crippen LogP contribution in [0.2, 0.25) is 0 Å². The Labute approximate surface area is 97.8 Å². The fraction of sp³-hybridized carbons (Fsp3) is 0.467. The molecular formula is C15H20O. The predicted molar refractivity (Wildman–Crippen MR) is 67.6 cm³/mol. The number of benzene rings is 1. The number of aliphatic hydroxyl groups is 1. The van der Waals surface area contributed by atoms with Crippen molar-refractivity contribution in [2.75, 3.05) is 0 Å². The van der Waals surface area contributed by atoms with E-state index >= 15 is 0 Å². The van der Waals surface area contributed by atoms with E-state index in [0.29, 0.717) is 5.76 Å². The highest BCUT2D eigenvalue weighted by Gasteiger charge is 2.37. The first-order valence-corrected chi connectivity index (χ1v) is 6.21. The predicted octanol–water partition coefficient (Wildman–Crippen LogP) is 4.35. The normalized spacial score (nSPS) is 20.7. The van der Waals surface area contributed by atoms with Crippen molar-refractivity contribution in [3.8, 4) is 0 Å². The molecule has 1 nitrogen and oxygen atoms in total. The van der Waals surface area contributed by atoms with E-state index in [-0.39, 0.29) is 5.41 Å². The fourth-order valence-corrected chi connectivity index (χ4v) is 2.88. The molecule has 1 aromatic carbocycles. The third-order valence-corrected chi connectivity index (χ3v) is 3.80. The Morgan fingerprint density at radius 2 is 1.75 bits per heavy atom. The van der Waals surface area contributed by atoms with Crippen LogP contribution < -0.4 is 0 Å². The number of aliphatic hydroxyl groups excluding tert-OH is 1. The van der Waals surface area contributed by atoms with Gasteiger partial charge in [0.2, 0.25) is 0 Å². The Morgan fingerprint density at radius 1 is 1.12 bits per heavy atom. The molecule has 1 fully saturated rings. The second kappa shape index (κ2) is 4.73. The molecule has 1 aliphatic carbocycles. The second-order valence-corrected chi connectivity index (χ2v) is 4.68. The molecule has 2 rings (SSSR count). The molecular weight excluding hydrogens is 196 g/mol. The molecule has 16 heavy (non-hydrogen) atoms. The van der Waals surface area contributed by atoms with Gasteiger partial charge in [-0.1, -0.05) is 49.6 Å². The molecule has 1 aliphatic rings. The van der Waals surface area contributed by atoms with Crippen molar-refractivity contribution in [3.63, 3.8) is 0 Å². The summed E-state index contributed by atoms with van der Waals surface area (Å²) in [5.74, 6) is 0.554. The van der Waals surface area contributed by atoms with E-state index in [4.69, 9.17) is 0 Å². The largest absolute Gasteiger partial charge is 0.512 e. The first-order valence-electron chi connectivity index (χ1n) is 6.21. The van der Waals surface area contributed by atoms with Gasteiger partial charge in [0.25, 0.3) is 0 Å². The molecule has 0 radical (unpaired) electrons. The molecule has 1 heteroatoms. The van der Waals surface area contributed by atoms with Gasteiger partial charge in [-0.05, 0) is 31.4 Å². The molecule has 1 saturated carbocycles. The summed E-state index contributed by atoms with van der Waals surface area (Å²) in [5, 5.41) is 10.2. The quantitative estimate of drug-likeness (QED) is 0.729. The van der Waals surface area contributed by atoms with Crippen molar-refractivity contribution in [2.24, 2.45) is 0 Å². The molecule has 86 valence electrons. The molecule has 0 heterocycles. The van der Waals surface area contributed by atoms with Crippen LogP contribution in [0.3, 0.4) is 0 Å². The Kier molecular flexibility index (Phi) is 3.33. The van der Waals surface area contributed by atoms with Gasteiger partial charge < -0.3 is 5.11 Å². The van der Waals surface area contributed by atoms with E-state index < -0.39 is 0 Å². The summed E-state index contributed by atoms with van der Waals surface area (Å²) in [6.45, 7) is 1.93. The summed E-state index contributed by atoms with van der Waals surface area (Å²) in [5.41, 5.74) is 1.17. The number of rotatable bonds is 2. The van der Waals surface area contributed by atoms with E-state index in [1.54, 1.807) is 0 Å². The van der Waals surface area contributed by atoms with Crippen molar-refractivity contribution in [2.45, 2.75) is 44.4 Å². The standard InChI is InChI=1S/C15H20O/c1-2-14(16)15(11-7-4-8-12-15)13-9-5-3-6-10-13/h2-3,5-6,9-10,16H,4,7-8,11-12H2,1H3. The van der Waals surface area contributed by atoms with Crippen molar-refractivity contribution < 1.29 is 5.11 Å². The Hall–Kier alpha value is -1.24. The van der Waals surface area contributed by atoms with Gasteiger partial charge in [-0.25, -0.2) is 0 Å². The maximum atomic E-state index is 10.2. The average Bonchev–Trinajstić information content (AvgIpc) is 2.39. The fourth-order valence-electron chi connectivity index (χ4n) is 2.88. The smallest absolute Gasteiger partial charge is 0.0985 e. The minimum absolute atomic E-state index is 0.103. The van der Waals surface area contributed by atoms with Crippen molar-refractivity contribution in [1.29, 1.82) is 0 Å². The SMILES string of the molecule is CC=C(O)C1(c2ccccc2)CCCCC1. The van der Waals surface area contributed by atoms with Crippen LogP contribution in [-0.4, -0.2) is 5.11 Å². The van der Waals surface area contributed by atoms with Gasteiger partial charge in [-0.15, -0.1) is 0 Å². The summed E-state index contributed by atoms with van der Waals surface area (Å²) in [6, 6.07) is 10.5. The first-order chi connectivity index (χ1) is 7.79. The van der Waals surface area contributed by atoms with Gasteiger partial charge >= 0.3 is 0 Å². The van der Waals surface area contributed by atoms with Gasteiger partial charge in [0, 0.05) is 0 Å². The van der Waals surface area contributed by atoms with Crippen LogP contribution in [0.15, 0.2) is 42.2 Å². The van der Waals surface area contributed by atoms with Crippen LogP contribution in [0.5, 0.6) is 0 Å². The van der Waals surface area contributed by atoms with E-state index in [1.807, 2.05) is 19.1 Å². The molecule has 0 unspecified atom stereocenters. The second-order valence-electron chi connectivity index (χ2n) is 4.68. The highest BCUT2D eigenvalue weighted by molar-refractivity contribution is 5.34. The number of hydrogen-bond acceptors (Lipinski definition) is 1. The van der Waals surface area contributed by atoms with Crippen LogP contribution in [-0.2, 0) is 5.41 Å². The summed E-state index contributed by atoms with van der Waals surface area (Å²) >= 11 is 0. The lowest BCUT2D eigenvalue weighted by Crippen LogP contribution is -2.31. The number of allylic oxidation sites excluding steroid dienone is 2. The zero-order chi connectivity index (χ0) is 11.4. The van der Waals surface area contributed by atoms with Crippen LogP contribution in [0.4, 0.5) is 0 Å². The minimum atomic E-state index is -0.103. The summed E-state index contributed by atoms with van der Waals surface area (Å²) in [7, 11) is 0.